The Morgan fingerprint density at radius 1 is 0.912 bits per heavy atom. The second-order valence-corrected chi connectivity index (χ2v) is 8.51. The summed E-state index contributed by atoms with van der Waals surface area (Å²) in [5.41, 5.74) is 3.70. The predicted molar refractivity (Wildman–Crippen MR) is 136 cm³/mol. The number of fused-ring (bicyclic) bond motifs is 1. The first-order chi connectivity index (χ1) is 16.5. The molecular formula is C25H25ClN6O2. The van der Waals surface area contributed by atoms with Gasteiger partial charge in [-0.15, -0.1) is 0 Å². The molecule has 3 heterocycles. The Morgan fingerprint density at radius 3 is 2.44 bits per heavy atom. The molecule has 8 nitrogen and oxygen atoms in total. The molecule has 9 heteroatoms. The fourth-order valence-electron chi connectivity index (χ4n) is 4.13. The van der Waals surface area contributed by atoms with Crippen molar-refractivity contribution in [1.29, 1.82) is 0 Å². The van der Waals surface area contributed by atoms with Gasteiger partial charge in [-0.05, 0) is 31.2 Å². The highest BCUT2D eigenvalue weighted by atomic mass is 35.5. The van der Waals surface area contributed by atoms with Crippen molar-refractivity contribution in [3.05, 3.63) is 65.4 Å². The van der Waals surface area contributed by atoms with Crippen LogP contribution in [0.4, 0.5) is 23.1 Å². The molecule has 5 rings (SSSR count). The molecule has 2 aromatic carbocycles. The standard InChI is InChI=1S/C25H25ClN6O2/c1-16-10-24(30-25(28-16)29-18-12-19(33-2)14-20(13-18)34-3)32-9-8-31(15-32)23-6-7-27-22-11-17(26)4-5-21(22)23/h4-7,10-14H,8-9,15H2,1-3H3,(H,28,29,30). The second-order valence-electron chi connectivity index (χ2n) is 8.08. The Kier molecular flexibility index (Phi) is 5.98. The molecule has 0 unspecified atom stereocenters. The number of anilines is 4. The van der Waals surface area contributed by atoms with Gasteiger partial charge >= 0.3 is 0 Å². The fraction of sp³-hybridized carbons (Fsp3) is 0.240. The van der Waals surface area contributed by atoms with Crippen LogP contribution in [0, 0.1) is 6.92 Å². The average molecular weight is 477 g/mol. The molecule has 1 N–H and O–H groups in total. The lowest BCUT2D eigenvalue weighted by Crippen LogP contribution is -2.26. The minimum absolute atomic E-state index is 0.521. The van der Waals surface area contributed by atoms with Gasteiger partial charge in [0, 0.05) is 71.0 Å². The van der Waals surface area contributed by atoms with Crippen molar-refractivity contribution in [2.45, 2.75) is 6.92 Å². The number of pyridine rings is 1. The molecule has 1 saturated heterocycles. The highest BCUT2D eigenvalue weighted by Gasteiger charge is 2.23. The van der Waals surface area contributed by atoms with Crippen LogP contribution in [-0.4, -0.2) is 48.9 Å². The number of hydrogen-bond donors (Lipinski definition) is 1. The maximum absolute atomic E-state index is 6.16. The Hall–Kier alpha value is -3.78. The van der Waals surface area contributed by atoms with Crippen molar-refractivity contribution in [3.63, 3.8) is 0 Å². The summed E-state index contributed by atoms with van der Waals surface area (Å²) in [5, 5.41) is 5.06. The van der Waals surface area contributed by atoms with E-state index in [4.69, 9.17) is 26.1 Å². The van der Waals surface area contributed by atoms with E-state index in [1.165, 1.54) is 0 Å². The number of hydrogen-bond acceptors (Lipinski definition) is 8. The Balaban J connectivity index is 1.39. The summed E-state index contributed by atoms with van der Waals surface area (Å²) in [6.45, 7) is 4.40. The first-order valence-corrected chi connectivity index (χ1v) is 11.3. The number of aryl methyl sites for hydroxylation is 1. The van der Waals surface area contributed by atoms with Crippen LogP contribution in [0.2, 0.25) is 5.02 Å². The minimum atomic E-state index is 0.521. The van der Waals surface area contributed by atoms with Crippen LogP contribution in [0.5, 0.6) is 11.5 Å². The molecule has 0 saturated carbocycles. The first kappa shape index (κ1) is 22.0. The second kappa shape index (κ2) is 9.23. The maximum Gasteiger partial charge on any atom is 0.229 e. The smallest absolute Gasteiger partial charge is 0.229 e. The highest BCUT2D eigenvalue weighted by Crippen LogP contribution is 2.31. The van der Waals surface area contributed by atoms with Crippen LogP contribution in [0.3, 0.4) is 0 Å². The van der Waals surface area contributed by atoms with E-state index in [0.717, 1.165) is 46.9 Å². The number of ether oxygens (including phenoxy) is 2. The summed E-state index contributed by atoms with van der Waals surface area (Å²) in [6.07, 6.45) is 1.83. The van der Waals surface area contributed by atoms with Gasteiger partial charge in [0.2, 0.25) is 5.95 Å². The van der Waals surface area contributed by atoms with Crippen LogP contribution >= 0.6 is 11.6 Å². The van der Waals surface area contributed by atoms with E-state index in [9.17, 15) is 0 Å². The van der Waals surface area contributed by atoms with E-state index in [2.05, 4.69) is 25.1 Å². The van der Waals surface area contributed by atoms with Gasteiger partial charge in [-0.2, -0.15) is 4.98 Å². The van der Waals surface area contributed by atoms with Gasteiger partial charge < -0.3 is 24.6 Å². The molecule has 4 aromatic rings. The molecule has 1 aliphatic heterocycles. The number of nitrogens with one attached hydrogen (secondary N) is 1. The summed E-state index contributed by atoms with van der Waals surface area (Å²) in [7, 11) is 3.25. The van der Waals surface area contributed by atoms with E-state index in [1.54, 1.807) is 14.2 Å². The van der Waals surface area contributed by atoms with E-state index in [1.807, 2.05) is 61.7 Å². The fourth-order valence-corrected chi connectivity index (χ4v) is 4.30. The van der Waals surface area contributed by atoms with Gasteiger partial charge in [0.15, 0.2) is 0 Å². The quantitative estimate of drug-likeness (QED) is 0.415. The molecule has 2 aromatic heterocycles. The third kappa shape index (κ3) is 4.49. The molecule has 1 fully saturated rings. The van der Waals surface area contributed by atoms with Crippen molar-refractivity contribution in [2.75, 3.05) is 49.1 Å². The van der Waals surface area contributed by atoms with Gasteiger partial charge in [-0.25, -0.2) is 4.98 Å². The average Bonchev–Trinajstić information content (AvgIpc) is 3.33. The van der Waals surface area contributed by atoms with Crippen LogP contribution < -0.4 is 24.6 Å². The zero-order valence-electron chi connectivity index (χ0n) is 19.2. The molecule has 0 aliphatic carbocycles. The van der Waals surface area contributed by atoms with Gasteiger partial charge in [-0.3, -0.25) is 4.98 Å². The molecule has 0 radical (unpaired) electrons. The predicted octanol–water partition coefficient (Wildman–Crippen LogP) is 5.03. The molecule has 174 valence electrons. The monoisotopic (exact) mass is 476 g/mol. The topological polar surface area (TPSA) is 75.6 Å². The number of rotatable bonds is 6. The van der Waals surface area contributed by atoms with Crippen molar-refractivity contribution in [1.82, 2.24) is 15.0 Å². The molecule has 34 heavy (non-hydrogen) atoms. The van der Waals surface area contributed by atoms with Crippen LogP contribution in [-0.2, 0) is 0 Å². The maximum atomic E-state index is 6.16. The van der Waals surface area contributed by atoms with Gasteiger partial charge in [-0.1, -0.05) is 11.6 Å². The van der Waals surface area contributed by atoms with Crippen molar-refractivity contribution in [3.8, 4) is 11.5 Å². The van der Waals surface area contributed by atoms with Crippen molar-refractivity contribution >= 4 is 45.6 Å². The van der Waals surface area contributed by atoms with Gasteiger partial charge in [0.25, 0.3) is 0 Å². The Labute approximate surface area is 203 Å². The van der Waals surface area contributed by atoms with Gasteiger partial charge in [0.1, 0.15) is 17.3 Å². The third-order valence-corrected chi connectivity index (χ3v) is 6.01. The summed E-state index contributed by atoms with van der Waals surface area (Å²) >= 11 is 6.16. The van der Waals surface area contributed by atoms with E-state index < -0.39 is 0 Å². The third-order valence-electron chi connectivity index (χ3n) is 5.78. The summed E-state index contributed by atoms with van der Waals surface area (Å²) in [6, 6.07) is 15.5. The van der Waals surface area contributed by atoms with E-state index >= 15 is 0 Å². The van der Waals surface area contributed by atoms with Crippen molar-refractivity contribution < 1.29 is 9.47 Å². The van der Waals surface area contributed by atoms with E-state index in [0.29, 0.717) is 29.1 Å². The zero-order valence-corrected chi connectivity index (χ0v) is 20.0. The van der Waals surface area contributed by atoms with Gasteiger partial charge in [0.05, 0.1) is 26.4 Å². The summed E-state index contributed by atoms with van der Waals surface area (Å²) in [4.78, 5) is 18.4. The SMILES string of the molecule is COc1cc(Nc2nc(C)cc(N3CCN(c4ccnc5cc(Cl)ccc45)C3)n2)cc(OC)c1. The summed E-state index contributed by atoms with van der Waals surface area (Å²) in [5.74, 6) is 2.77. The lowest BCUT2D eigenvalue weighted by atomic mass is 10.2. The van der Waals surface area contributed by atoms with Crippen molar-refractivity contribution in [2.24, 2.45) is 0 Å². The lowest BCUT2D eigenvalue weighted by molar-refractivity contribution is 0.395. The summed E-state index contributed by atoms with van der Waals surface area (Å²) < 4.78 is 10.7. The number of nitrogens with zero attached hydrogens (tertiary/aromatic N) is 5. The van der Waals surface area contributed by atoms with E-state index in [-0.39, 0.29) is 0 Å². The Morgan fingerprint density at radius 2 is 1.68 bits per heavy atom. The number of aromatic nitrogens is 3. The number of benzene rings is 2. The first-order valence-electron chi connectivity index (χ1n) is 10.9. The van der Waals surface area contributed by atoms with Crippen LogP contribution in [0.15, 0.2) is 54.7 Å². The molecule has 0 amide bonds. The molecule has 0 spiro atoms. The number of methoxy groups -OCH3 is 2. The molecular weight excluding hydrogens is 452 g/mol. The number of halogens is 1. The zero-order chi connectivity index (χ0) is 23.7. The normalized spacial score (nSPS) is 13.4. The molecule has 0 bridgehead atoms. The van der Waals surface area contributed by atoms with Crippen LogP contribution in [0.1, 0.15) is 5.69 Å². The highest BCUT2D eigenvalue weighted by molar-refractivity contribution is 6.31. The van der Waals surface area contributed by atoms with Crippen LogP contribution in [0.25, 0.3) is 10.9 Å². The Bertz CT molecular complexity index is 1330. The minimum Gasteiger partial charge on any atom is -0.497 e. The molecule has 0 atom stereocenters. The largest absolute Gasteiger partial charge is 0.497 e. The molecule has 1 aliphatic rings. The lowest BCUT2D eigenvalue weighted by Gasteiger charge is -2.22.